The molecular formula is C21H28N2O3. The van der Waals surface area contributed by atoms with Gasteiger partial charge in [-0.05, 0) is 44.2 Å². The lowest BCUT2D eigenvalue weighted by Gasteiger charge is -2.50. The molecule has 26 heavy (non-hydrogen) atoms. The van der Waals surface area contributed by atoms with E-state index in [0.29, 0.717) is 25.6 Å². The highest BCUT2D eigenvalue weighted by atomic mass is 16.5. The lowest BCUT2D eigenvalue weighted by Crippen LogP contribution is -2.66. The number of aromatic nitrogens is 1. The van der Waals surface area contributed by atoms with Crippen molar-refractivity contribution in [1.82, 2.24) is 9.88 Å². The number of hydrogen-bond donors (Lipinski definition) is 0. The molecule has 0 aromatic carbocycles. The van der Waals surface area contributed by atoms with E-state index in [2.05, 4.69) is 11.1 Å². The quantitative estimate of drug-likeness (QED) is 0.735. The number of likely N-dealkylation sites (tertiary alicyclic amines) is 1. The van der Waals surface area contributed by atoms with Crippen LogP contribution in [-0.4, -0.2) is 47.7 Å². The van der Waals surface area contributed by atoms with Crippen LogP contribution in [0.25, 0.3) is 0 Å². The van der Waals surface area contributed by atoms with E-state index in [9.17, 15) is 4.79 Å². The summed E-state index contributed by atoms with van der Waals surface area (Å²) in [5, 5.41) is 0. The van der Waals surface area contributed by atoms with Crippen molar-refractivity contribution in [2.75, 3.05) is 26.3 Å². The monoisotopic (exact) mass is 356 g/mol. The van der Waals surface area contributed by atoms with Gasteiger partial charge in [-0.1, -0.05) is 17.7 Å². The van der Waals surface area contributed by atoms with Crippen molar-refractivity contribution in [3.05, 3.63) is 41.7 Å². The number of allylic oxidation sites excluding steroid dienone is 1. The third-order valence-electron chi connectivity index (χ3n) is 5.93. The Morgan fingerprint density at radius 3 is 3.04 bits per heavy atom. The van der Waals surface area contributed by atoms with Gasteiger partial charge in [-0.3, -0.25) is 9.78 Å². The van der Waals surface area contributed by atoms with Crippen LogP contribution in [0, 0.1) is 5.92 Å². The molecule has 1 aromatic rings. The summed E-state index contributed by atoms with van der Waals surface area (Å²) < 4.78 is 12.0. The predicted octanol–water partition coefficient (Wildman–Crippen LogP) is 3.11. The highest BCUT2D eigenvalue weighted by Crippen LogP contribution is 2.40. The third kappa shape index (κ3) is 3.84. The average Bonchev–Trinajstić information content (AvgIpc) is 3.06. The molecule has 0 N–H and O–H groups in total. The van der Waals surface area contributed by atoms with Crippen LogP contribution < -0.4 is 0 Å². The molecule has 0 bridgehead atoms. The van der Waals surface area contributed by atoms with Gasteiger partial charge >= 0.3 is 0 Å². The van der Waals surface area contributed by atoms with Gasteiger partial charge < -0.3 is 14.4 Å². The van der Waals surface area contributed by atoms with Crippen LogP contribution in [0.4, 0.5) is 0 Å². The van der Waals surface area contributed by atoms with E-state index in [-0.39, 0.29) is 11.5 Å². The molecule has 1 aliphatic carbocycles. The van der Waals surface area contributed by atoms with Gasteiger partial charge in [0.05, 0.1) is 32.0 Å². The van der Waals surface area contributed by atoms with Crippen molar-refractivity contribution in [2.45, 2.75) is 50.7 Å². The van der Waals surface area contributed by atoms with E-state index >= 15 is 0 Å². The molecule has 1 aromatic heterocycles. The lowest BCUT2D eigenvalue weighted by molar-refractivity contribution is -0.168. The maximum absolute atomic E-state index is 12.5. The summed E-state index contributed by atoms with van der Waals surface area (Å²) >= 11 is 0. The Labute approximate surface area is 155 Å². The Morgan fingerprint density at radius 1 is 1.35 bits per heavy atom. The Kier molecular flexibility index (Phi) is 5.36. The summed E-state index contributed by atoms with van der Waals surface area (Å²) in [6, 6.07) is 5.86. The molecule has 0 saturated carbocycles. The normalized spacial score (nSPS) is 24.4. The van der Waals surface area contributed by atoms with Gasteiger partial charge in [0.15, 0.2) is 0 Å². The van der Waals surface area contributed by atoms with Gasteiger partial charge in [0, 0.05) is 25.1 Å². The van der Waals surface area contributed by atoms with E-state index < -0.39 is 0 Å². The second-order valence-corrected chi connectivity index (χ2v) is 7.77. The average molecular weight is 356 g/mol. The Balaban J connectivity index is 1.25. The number of amides is 1. The summed E-state index contributed by atoms with van der Waals surface area (Å²) in [5.74, 6) is 0.622. The standard InChI is InChI=1S/C21H28N2O3/c24-20(12-17-6-2-1-3-7-17)23-15-21(16-23)18(9-11-26-21)13-25-14-19-8-4-5-10-22-19/h4-6,8,10,18H,1-3,7,9,11-16H2. The van der Waals surface area contributed by atoms with Crippen LogP contribution in [0.2, 0.25) is 0 Å². The number of pyridine rings is 1. The molecule has 4 rings (SSSR count). The molecule has 0 radical (unpaired) electrons. The van der Waals surface area contributed by atoms with E-state index in [4.69, 9.17) is 9.47 Å². The van der Waals surface area contributed by atoms with E-state index in [1.165, 1.54) is 18.4 Å². The minimum absolute atomic E-state index is 0.180. The van der Waals surface area contributed by atoms with E-state index in [1.807, 2.05) is 23.1 Å². The minimum atomic E-state index is -0.180. The molecule has 3 heterocycles. The number of ether oxygens (including phenoxy) is 2. The SMILES string of the molecule is O=C(CC1=CCCCC1)N1CC2(C1)OCCC2COCc1ccccn1. The topological polar surface area (TPSA) is 51.7 Å². The molecule has 1 unspecified atom stereocenters. The van der Waals surface area contributed by atoms with Crippen LogP contribution in [0.3, 0.4) is 0 Å². The number of carbonyl (C=O) groups is 1. The van der Waals surface area contributed by atoms with E-state index in [0.717, 1.165) is 44.7 Å². The molecular weight excluding hydrogens is 328 g/mol. The van der Waals surface area contributed by atoms with Crippen LogP contribution >= 0.6 is 0 Å². The molecule has 3 aliphatic rings. The smallest absolute Gasteiger partial charge is 0.226 e. The zero-order valence-corrected chi connectivity index (χ0v) is 15.4. The molecule has 5 heteroatoms. The Morgan fingerprint density at radius 2 is 2.27 bits per heavy atom. The fraction of sp³-hybridized carbons (Fsp3) is 0.619. The first-order valence-electron chi connectivity index (χ1n) is 9.82. The molecule has 2 fully saturated rings. The van der Waals surface area contributed by atoms with Gasteiger partial charge in [0.25, 0.3) is 0 Å². The molecule has 1 spiro atoms. The summed E-state index contributed by atoms with van der Waals surface area (Å²) in [5.41, 5.74) is 2.09. The lowest BCUT2D eigenvalue weighted by atomic mass is 9.81. The highest BCUT2D eigenvalue weighted by Gasteiger charge is 2.54. The van der Waals surface area contributed by atoms with Gasteiger partial charge in [-0.15, -0.1) is 0 Å². The summed E-state index contributed by atoms with van der Waals surface area (Å²) in [6.07, 6.45) is 10.4. The van der Waals surface area contributed by atoms with Crippen molar-refractivity contribution in [2.24, 2.45) is 5.92 Å². The summed E-state index contributed by atoms with van der Waals surface area (Å²) in [7, 11) is 0. The number of carbonyl (C=O) groups excluding carboxylic acids is 1. The second kappa shape index (κ2) is 7.89. The third-order valence-corrected chi connectivity index (χ3v) is 5.93. The molecule has 1 atom stereocenters. The first-order chi connectivity index (χ1) is 12.8. The van der Waals surface area contributed by atoms with Crippen molar-refractivity contribution in [3.8, 4) is 0 Å². The second-order valence-electron chi connectivity index (χ2n) is 7.77. The van der Waals surface area contributed by atoms with E-state index in [1.54, 1.807) is 6.20 Å². The van der Waals surface area contributed by atoms with Gasteiger partial charge in [0.1, 0.15) is 5.60 Å². The van der Waals surface area contributed by atoms with Crippen LogP contribution in [-0.2, 0) is 20.9 Å². The number of hydrogen-bond acceptors (Lipinski definition) is 4. The van der Waals surface area contributed by atoms with Crippen LogP contribution in [0.5, 0.6) is 0 Å². The molecule has 1 amide bonds. The van der Waals surface area contributed by atoms with Crippen LogP contribution in [0.15, 0.2) is 36.0 Å². The van der Waals surface area contributed by atoms with Gasteiger partial charge in [-0.25, -0.2) is 0 Å². The van der Waals surface area contributed by atoms with Crippen molar-refractivity contribution in [1.29, 1.82) is 0 Å². The Bertz CT molecular complexity index is 652. The fourth-order valence-corrected chi connectivity index (χ4v) is 4.31. The summed E-state index contributed by atoms with van der Waals surface area (Å²) in [4.78, 5) is 18.8. The van der Waals surface area contributed by atoms with Crippen LogP contribution in [0.1, 0.15) is 44.2 Å². The fourth-order valence-electron chi connectivity index (χ4n) is 4.31. The zero-order valence-electron chi connectivity index (χ0n) is 15.4. The zero-order chi connectivity index (χ0) is 17.8. The first kappa shape index (κ1) is 17.7. The maximum Gasteiger partial charge on any atom is 0.226 e. The molecule has 2 saturated heterocycles. The maximum atomic E-state index is 12.5. The molecule has 140 valence electrons. The Hall–Kier alpha value is -1.72. The van der Waals surface area contributed by atoms with Crippen molar-refractivity contribution in [3.63, 3.8) is 0 Å². The van der Waals surface area contributed by atoms with Crippen molar-refractivity contribution >= 4 is 5.91 Å². The van der Waals surface area contributed by atoms with Gasteiger partial charge in [-0.2, -0.15) is 0 Å². The first-order valence-corrected chi connectivity index (χ1v) is 9.82. The highest BCUT2D eigenvalue weighted by molar-refractivity contribution is 5.80. The predicted molar refractivity (Wildman–Crippen MR) is 98.4 cm³/mol. The number of nitrogens with zero attached hydrogens (tertiary/aromatic N) is 2. The summed E-state index contributed by atoms with van der Waals surface area (Å²) in [6.45, 7) is 3.41. The van der Waals surface area contributed by atoms with Crippen molar-refractivity contribution < 1.29 is 14.3 Å². The van der Waals surface area contributed by atoms with Gasteiger partial charge in [0.2, 0.25) is 5.91 Å². The number of rotatable bonds is 6. The largest absolute Gasteiger partial charge is 0.375 e. The molecule has 2 aliphatic heterocycles. The minimum Gasteiger partial charge on any atom is -0.375 e. The molecule has 5 nitrogen and oxygen atoms in total.